The summed E-state index contributed by atoms with van der Waals surface area (Å²) in [5.74, 6) is 2.19. The van der Waals surface area contributed by atoms with Crippen LogP contribution < -0.4 is 19.6 Å². The monoisotopic (exact) mass is 435 g/mol. The fourth-order valence-electron chi connectivity index (χ4n) is 3.02. The lowest BCUT2D eigenvalue weighted by molar-refractivity contribution is 0.309. The van der Waals surface area contributed by atoms with E-state index in [9.17, 15) is 4.79 Å². The predicted octanol–water partition coefficient (Wildman–Crippen LogP) is 4.33. The highest BCUT2D eigenvalue weighted by molar-refractivity contribution is 7.15. The van der Waals surface area contributed by atoms with Gasteiger partial charge in [0.25, 0.3) is 5.56 Å². The summed E-state index contributed by atoms with van der Waals surface area (Å²) in [6.45, 7) is 5.61. The first-order chi connectivity index (χ1) is 15.2. The van der Waals surface area contributed by atoms with E-state index in [1.54, 1.807) is 0 Å². The van der Waals surface area contributed by atoms with Gasteiger partial charge in [-0.05, 0) is 60.9 Å². The smallest absolute Gasteiger partial charge is 0.291 e. The number of aromatic nitrogens is 3. The van der Waals surface area contributed by atoms with Crippen molar-refractivity contribution in [2.24, 2.45) is 0 Å². The first kappa shape index (κ1) is 21.1. The number of rotatable bonds is 9. The second-order valence-electron chi connectivity index (χ2n) is 7.19. The van der Waals surface area contributed by atoms with Crippen molar-refractivity contribution in [3.05, 3.63) is 69.0 Å². The van der Waals surface area contributed by atoms with Crippen molar-refractivity contribution in [1.82, 2.24) is 14.6 Å². The number of fused-ring (bicyclic) bond motifs is 1. The summed E-state index contributed by atoms with van der Waals surface area (Å²) >= 11 is 1.33. The Labute approximate surface area is 184 Å². The third kappa shape index (κ3) is 4.94. The quantitative estimate of drug-likeness (QED) is 0.366. The molecule has 0 bridgehead atoms. The molecule has 0 radical (unpaired) electrons. The Morgan fingerprint density at radius 3 is 2.26 bits per heavy atom. The van der Waals surface area contributed by atoms with Crippen LogP contribution in [0.15, 0.2) is 53.3 Å². The fourth-order valence-corrected chi connectivity index (χ4v) is 3.93. The lowest BCUT2D eigenvalue weighted by atomic mass is 10.2. The molecule has 0 N–H and O–H groups in total. The van der Waals surface area contributed by atoms with E-state index in [2.05, 4.69) is 23.9 Å². The molecular formula is C24H25N3O3S. The molecule has 0 aliphatic carbocycles. The van der Waals surface area contributed by atoms with Gasteiger partial charge < -0.3 is 9.47 Å². The SMILES string of the molecule is CCCCOc1ccc(C=c2sc3nc(-c4ccc(OCCC)cc4)nn3c2=O)cc1. The topological polar surface area (TPSA) is 65.7 Å². The molecule has 2 aromatic heterocycles. The lowest BCUT2D eigenvalue weighted by Crippen LogP contribution is -2.23. The summed E-state index contributed by atoms with van der Waals surface area (Å²) in [6, 6.07) is 15.4. The summed E-state index contributed by atoms with van der Waals surface area (Å²) < 4.78 is 13.3. The van der Waals surface area contributed by atoms with Crippen molar-refractivity contribution in [1.29, 1.82) is 0 Å². The average Bonchev–Trinajstić information content (AvgIpc) is 3.33. The molecule has 6 nitrogen and oxygen atoms in total. The standard InChI is InChI=1S/C24H25N3O3S/c1-3-5-15-30-19-10-6-17(7-11-19)16-21-23(28)27-24(31-21)25-22(26-27)18-8-12-20(13-9-18)29-14-4-2/h6-13,16H,3-5,14-15H2,1-2H3. The molecule has 0 saturated heterocycles. The first-order valence-corrected chi connectivity index (χ1v) is 11.4. The number of thiazole rings is 1. The molecule has 0 unspecified atom stereocenters. The molecule has 2 aromatic carbocycles. The van der Waals surface area contributed by atoms with Gasteiger partial charge in [0.1, 0.15) is 11.5 Å². The third-order valence-electron chi connectivity index (χ3n) is 4.71. The van der Waals surface area contributed by atoms with E-state index in [1.165, 1.54) is 15.9 Å². The van der Waals surface area contributed by atoms with E-state index in [1.807, 2.05) is 54.6 Å². The van der Waals surface area contributed by atoms with Gasteiger partial charge in [0.05, 0.1) is 17.7 Å². The van der Waals surface area contributed by atoms with Crippen LogP contribution in [0.3, 0.4) is 0 Å². The first-order valence-electron chi connectivity index (χ1n) is 10.6. The van der Waals surface area contributed by atoms with Gasteiger partial charge >= 0.3 is 0 Å². The van der Waals surface area contributed by atoms with Gasteiger partial charge in [-0.2, -0.15) is 9.50 Å². The van der Waals surface area contributed by atoms with Crippen LogP contribution in [0.1, 0.15) is 38.7 Å². The molecule has 0 aliphatic rings. The minimum atomic E-state index is -0.162. The number of unbranched alkanes of at least 4 members (excludes halogenated alkanes) is 1. The Morgan fingerprint density at radius 1 is 0.935 bits per heavy atom. The van der Waals surface area contributed by atoms with Crippen LogP contribution >= 0.6 is 11.3 Å². The Kier molecular flexibility index (Phi) is 6.62. The van der Waals surface area contributed by atoms with Gasteiger partial charge in [0.2, 0.25) is 4.96 Å². The summed E-state index contributed by atoms with van der Waals surface area (Å²) in [4.78, 5) is 17.9. The van der Waals surface area contributed by atoms with Crippen LogP contribution in [0.5, 0.6) is 11.5 Å². The maximum absolute atomic E-state index is 12.8. The van der Waals surface area contributed by atoms with E-state index in [0.717, 1.165) is 48.5 Å². The molecular weight excluding hydrogens is 410 g/mol. The van der Waals surface area contributed by atoms with Gasteiger partial charge in [0.15, 0.2) is 5.82 Å². The maximum atomic E-state index is 12.8. The molecule has 0 fully saturated rings. The van der Waals surface area contributed by atoms with Crippen molar-refractivity contribution in [3.63, 3.8) is 0 Å². The number of hydrogen-bond acceptors (Lipinski definition) is 6. The summed E-state index contributed by atoms with van der Waals surface area (Å²) in [5, 5.41) is 4.42. The van der Waals surface area contributed by atoms with E-state index in [4.69, 9.17) is 9.47 Å². The van der Waals surface area contributed by atoms with Gasteiger partial charge in [-0.25, -0.2) is 0 Å². The summed E-state index contributed by atoms with van der Waals surface area (Å²) in [7, 11) is 0. The van der Waals surface area contributed by atoms with Gasteiger partial charge in [-0.3, -0.25) is 4.79 Å². The highest BCUT2D eigenvalue weighted by atomic mass is 32.1. The van der Waals surface area contributed by atoms with Gasteiger partial charge in [0, 0.05) is 5.56 Å². The zero-order valence-corrected chi connectivity index (χ0v) is 18.5. The zero-order chi connectivity index (χ0) is 21.6. The number of nitrogens with zero attached hydrogens (tertiary/aromatic N) is 3. The van der Waals surface area contributed by atoms with Crippen molar-refractivity contribution in [2.75, 3.05) is 13.2 Å². The molecule has 0 saturated carbocycles. The van der Waals surface area contributed by atoms with Crippen LogP contribution in [0.25, 0.3) is 22.4 Å². The average molecular weight is 436 g/mol. The maximum Gasteiger partial charge on any atom is 0.291 e. The van der Waals surface area contributed by atoms with E-state index >= 15 is 0 Å². The second-order valence-corrected chi connectivity index (χ2v) is 8.20. The van der Waals surface area contributed by atoms with E-state index in [-0.39, 0.29) is 5.56 Å². The second kappa shape index (κ2) is 9.75. The van der Waals surface area contributed by atoms with Crippen LogP contribution in [0, 0.1) is 0 Å². The van der Waals surface area contributed by atoms with Crippen LogP contribution in [0.2, 0.25) is 0 Å². The molecule has 4 aromatic rings. The molecule has 0 atom stereocenters. The van der Waals surface area contributed by atoms with Crippen molar-refractivity contribution in [3.8, 4) is 22.9 Å². The zero-order valence-electron chi connectivity index (χ0n) is 17.7. The van der Waals surface area contributed by atoms with Crippen LogP contribution in [-0.4, -0.2) is 27.8 Å². The Balaban J connectivity index is 1.54. The highest BCUT2D eigenvalue weighted by Crippen LogP contribution is 2.20. The molecule has 0 aliphatic heterocycles. The largest absolute Gasteiger partial charge is 0.494 e. The van der Waals surface area contributed by atoms with Crippen LogP contribution in [0.4, 0.5) is 0 Å². The summed E-state index contributed by atoms with van der Waals surface area (Å²) in [6.07, 6.45) is 4.96. The molecule has 0 amide bonds. The third-order valence-corrected chi connectivity index (χ3v) is 5.67. The molecule has 7 heteroatoms. The van der Waals surface area contributed by atoms with Gasteiger partial charge in [-0.15, -0.1) is 5.10 Å². The Hall–Kier alpha value is -3.19. The van der Waals surface area contributed by atoms with Crippen molar-refractivity contribution in [2.45, 2.75) is 33.1 Å². The minimum Gasteiger partial charge on any atom is -0.494 e. The highest BCUT2D eigenvalue weighted by Gasteiger charge is 2.12. The molecule has 4 rings (SSSR count). The molecule has 31 heavy (non-hydrogen) atoms. The fraction of sp³-hybridized carbons (Fsp3) is 0.292. The van der Waals surface area contributed by atoms with Crippen molar-refractivity contribution < 1.29 is 9.47 Å². The molecule has 0 spiro atoms. The molecule has 160 valence electrons. The predicted molar refractivity (Wildman–Crippen MR) is 124 cm³/mol. The van der Waals surface area contributed by atoms with E-state index < -0.39 is 0 Å². The molecule has 2 heterocycles. The normalized spacial score (nSPS) is 11.9. The van der Waals surface area contributed by atoms with E-state index in [0.29, 0.717) is 21.9 Å². The Bertz CT molecular complexity index is 1240. The van der Waals surface area contributed by atoms with Crippen molar-refractivity contribution >= 4 is 22.4 Å². The van der Waals surface area contributed by atoms with Gasteiger partial charge in [-0.1, -0.05) is 43.7 Å². The lowest BCUT2D eigenvalue weighted by Gasteiger charge is -2.04. The van der Waals surface area contributed by atoms with Crippen LogP contribution in [-0.2, 0) is 0 Å². The minimum absolute atomic E-state index is 0.162. The Morgan fingerprint density at radius 2 is 1.61 bits per heavy atom. The number of ether oxygens (including phenoxy) is 2. The summed E-state index contributed by atoms with van der Waals surface area (Å²) in [5.41, 5.74) is 1.63. The number of hydrogen-bond donors (Lipinski definition) is 0. The number of benzene rings is 2.